The van der Waals surface area contributed by atoms with Crippen LogP contribution in [0.5, 0.6) is 0 Å². The predicted molar refractivity (Wildman–Crippen MR) is 87.8 cm³/mol. The summed E-state index contributed by atoms with van der Waals surface area (Å²) >= 11 is 6.07. The molecule has 0 aliphatic carbocycles. The lowest BCUT2D eigenvalue weighted by atomic mass is 10.0. The molecule has 2 fully saturated rings. The number of hydrogen-bond donors (Lipinski definition) is 2. The van der Waals surface area contributed by atoms with Crippen molar-refractivity contribution in [3.05, 3.63) is 35.0 Å². The summed E-state index contributed by atoms with van der Waals surface area (Å²) in [4.78, 5) is 6.03. The molecule has 112 valence electrons. The Morgan fingerprint density at radius 2 is 2.19 bits per heavy atom. The van der Waals surface area contributed by atoms with Gasteiger partial charge in [-0.1, -0.05) is 17.7 Å². The molecule has 2 aromatic rings. The van der Waals surface area contributed by atoms with Crippen molar-refractivity contribution in [2.45, 2.75) is 44.3 Å². The molecule has 2 aliphatic rings. The van der Waals surface area contributed by atoms with E-state index < -0.39 is 0 Å². The molecule has 4 rings (SSSR count). The molecule has 2 atom stereocenters. The summed E-state index contributed by atoms with van der Waals surface area (Å²) in [5.74, 6) is 0. The molecule has 4 heteroatoms. The Labute approximate surface area is 130 Å². The van der Waals surface area contributed by atoms with Crippen LogP contribution in [-0.4, -0.2) is 35.1 Å². The van der Waals surface area contributed by atoms with Gasteiger partial charge in [0, 0.05) is 40.8 Å². The topological polar surface area (TPSA) is 31.1 Å². The summed E-state index contributed by atoms with van der Waals surface area (Å²) in [6, 6.07) is 7.56. The van der Waals surface area contributed by atoms with Crippen molar-refractivity contribution in [1.82, 2.24) is 15.2 Å². The quantitative estimate of drug-likeness (QED) is 0.909. The van der Waals surface area contributed by atoms with Gasteiger partial charge in [-0.3, -0.25) is 4.90 Å². The van der Waals surface area contributed by atoms with E-state index in [0.29, 0.717) is 12.1 Å². The third kappa shape index (κ3) is 2.59. The van der Waals surface area contributed by atoms with Crippen LogP contribution in [0.15, 0.2) is 24.4 Å². The van der Waals surface area contributed by atoms with Gasteiger partial charge in [0.15, 0.2) is 0 Å². The Kier molecular flexibility index (Phi) is 3.66. The van der Waals surface area contributed by atoms with Crippen molar-refractivity contribution in [2.24, 2.45) is 0 Å². The number of H-pyrrole nitrogens is 1. The summed E-state index contributed by atoms with van der Waals surface area (Å²) < 4.78 is 0. The van der Waals surface area contributed by atoms with Gasteiger partial charge < -0.3 is 10.3 Å². The Morgan fingerprint density at radius 3 is 3.05 bits per heavy atom. The second-order valence-corrected chi connectivity index (χ2v) is 6.82. The molecule has 2 saturated heterocycles. The van der Waals surface area contributed by atoms with Crippen molar-refractivity contribution in [2.75, 3.05) is 13.1 Å². The largest absolute Gasteiger partial charge is 0.361 e. The number of aromatic nitrogens is 1. The van der Waals surface area contributed by atoms with Gasteiger partial charge in [-0.05, 0) is 56.5 Å². The Hall–Kier alpha value is -1.03. The monoisotopic (exact) mass is 303 g/mol. The molecule has 0 saturated carbocycles. The van der Waals surface area contributed by atoms with Crippen LogP contribution in [0.1, 0.15) is 31.2 Å². The van der Waals surface area contributed by atoms with Gasteiger partial charge in [-0.2, -0.15) is 0 Å². The third-order valence-corrected chi connectivity index (χ3v) is 5.32. The zero-order valence-corrected chi connectivity index (χ0v) is 13.0. The molecule has 0 spiro atoms. The van der Waals surface area contributed by atoms with Crippen LogP contribution in [0, 0.1) is 0 Å². The normalized spacial score (nSPS) is 26.9. The highest BCUT2D eigenvalue weighted by Gasteiger charge is 2.33. The van der Waals surface area contributed by atoms with Gasteiger partial charge in [0.05, 0.1) is 0 Å². The second-order valence-electron chi connectivity index (χ2n) is 6.39. The van der Waals surface area contributed by atoms with E-state index >= 15 is 0 Å². The molecule has 1 aromatic carbocycles. The Balaban J connectivity index is 1.56. The number of nitrogens with one attached hydrogen (secondary N) is 2. The fourth-order valence-electron chi connectivity index (χ4n) is 4.05. The van der Waals surface area contributed by atoms with Gasteiger partial charge in [0.2, 0.25) is 0 Å². The molecule has 3 heterocycles. The zero-order chi connectivity index (χ0) is 14.2. The lowest BCUT2D eigenvalue weighted by Gasteiger charge is -2.29. The highest BCUT2D eigenvalue weighted by Crippen LogP contribution is 2.29. The van der Waals surface area contributed by atoms with Crippen LogP contribution in [0.4, 0.5) is 0 Å². The molecule has 21 heavy (non-hydrogen) atoms. The van der Waals surface area contributed by atoms with Crippen molar-refractivity contribution in [3.8, 4) is 0 Å². The van der Waals surface area contributed by atoms with Crippen molar-refractivity contribution in [3.63, 3.8) is 0 Å². The minimum absolute atomic E-state index is 0.701. The maximum absolute atomic E-state index is 6.07. The van der Waals surface area contributed by atoms with Gasteiger partial charge >= 0.3 is 0 Å². The van der Waals surface area contributed by atoms with Crippen LogP contribution in [0.25, 0.3) is 10.9 Å². The second kappa shape index (κ2) is 5.64. The molecule has 1 aromatic heterocycles. The minimum Gasteiger partial charge on any atom is -0.361 e. The summed E-state index contributed by atoms with van der Waals surface area (Å²) in [6.45, 7) is 3.47. The van der Waals surface area contributed by atoms with Crippen LogP contribution in [-0.2, 0) is 6.54 Å². The summed E-state index contributed by atoms with van der Waals surface area (Å²) in [5.41, 5.74) is 2.54. The first-order valence-corrected chi connectivity index (χ1v) is 8.42. The number of rotatable bonds is 3. The zero-order valence-electron chi connectivity index (χ0n) is 12.2. The molecule has 0 bridgehead atoms. The van der Waals surface area contributed by atoms with E-state index in [1.807, 2.05) is 12.1 Å². The lowest BCUT2D eigenvalue weighted by Crippen LogP contribution is -2.43. The number of fused-ring (bicyclic) bond motifs is 1. The average Bonchev–Trinajstić information content (AvgIpc) is 3.19. The maximum atomic E-state index is 6.07. The number of aromatic amines is 1. The van der Waals surface area contributed by atoms with Crippen LogP contribution in [0.3, 0.4) is 0 Å². The summed E-state index contributed by atoms with van der Waals surface area (Å²) in [7, 11) is 0. The van der Waals surface area contributed by atoms with E-state index in [9.17, 15) is 0 Å². The smallest absolute Gasteiger partial charge is 0.0472 e. The minimum atomic E-state index is 0.701. The highest BCUT2D eigenvalue weighted by molar-refractivity contribution is 6.31. The molecule has 3 nitrogen and oxygen atoms in total. The number of benzene rings is 1. The Morgan fingerprint density at radius 1 is 1.24 bits per heavy atom. The molecule has 2 N–H and O–H groups in total. The third-order valence-electron chi connectivity index (χ3n) is 5.08. The van der Waals surface area contributed by atoms with Crippen LogP contribution >= 0.6 is 11.6 Å². The standard InChI is InChI=1S/C17H22ClN3/c18-13-5-6-14-12(10-20-16(14)9-13)11-21-8-2-4-17(21)15-3-1-7-19-15/h5-6,9-10,15,17,19-20H,1-4,7-8,11H2. The number of likely N-dealkylation sites (tertiary alicyclic amines) is 1. The van der Waals surface area contributed by atoms with Gasteiger partial charge in [-0.25, -0.2) is 0 Å². The summed E-state index contributed by atoms with van der Waals surface area (Å²) in [6.07, 6.45) is 7.49. The van der Waals surface area contributed by atoms with Crippen molar-refractivity contribution >= 4 is 22.5 Å². The summed E-state index contributed by atoms with van der Waals surface area (Å²) in [5, 5.41) is 5.79. The van der Waals surface area contributed by atoms with Gasteiger partial charge in [-0.15, -0.1) is 0 Å². The first-order chi connectivity index (χ1) is 10.3. The van der Waals surface area contributed by atoms with Gasteiger partial charge in [0.25, 0.3) is 0 Å². The first kappa shape index (κ1) is 13.6. The maximum Gasteiger partial charge on any atom is 0.0472 e. The van der Waals surface area contributed by atoms with E-state index in [-0.39, 0.29) is 0 Å². The molecule has 0 amide bonds. The fourth-order valence-corrected chi connectivity index (χ4v) is 4.22. The fraction of sp³-hybridized carbons (Fsp3) is 0.529. The molecular weight excluding hydrogens is 282 g/mol. The van der Waals surface area contributed by atoms with E-state index in [4.69, 9.17) is 11.6 Å². The number of nitrogens with zero attached hydrogens (tertiary/aromatic N) is 1. The van der Waals surface area contributed by atoms with Crippen molar-refractivity contribution < 1.29 is 0 Å². The van der Waals surface area contributed by atoms with E-state index in [1.165, 1.54) is 49.7 Å². The Bertz CT molecular complexity index is 630. The molecule has 2 unspecified atom stereocenters. The van der Waals surface area contributed by atoms with Gasteiger partial charge in [0.1, 0.15) is 0 Å². The van der Waals surface area contributed by atoms with Crippen molar-refractivity contribution in [1.29, 1.82) is 0 Å². The predicted octanol–water partition coefficient (Wildman–Crippen LogP) is 3.54. The SMILES string of the molecule is Clc1ccc2c(CN3CCCC3C3CCCN3)c[nH]c2c1. The molecule has 0 radical (unpaired) electrons. The van der Waals surface area contributed by atoms with E-state index in [0.717, 1.165) is 17.1 Å². The van der Waals surface area contributed by atoms with E-state index in [1.54, 1.807) is 0 Å². The molecule has 2 aliphatic heterocycles. The van der Waals surface area contributed by atoms with E-state index in [2.05, 4.69) is 27.5 Å². The number of hydrogen-bond acceptors (Lipinski definition) is 2. The van der Waals surface area contributed by atoms with Crippen LogP contribution in [0.2, 0.25) is 5.02 Å². The number of halogens is 1. The molecular formula is C17H22ClN3. The lowest BCUT2D eigenvalue weighted by molar-refractivity contribution is 0.207. The first-order valence-electron chi connectivity index (χ1n) is 8.04. The highest BCUT2D eigenvalue weighted by atomic mass is 35.5. The van der Waals surface area contributed by atoms with Crippen LogP contribution < -0.4 is 5.32 Å². The average molecular weight is 304 g/mol.